The van der Waals surface area contributed by atoms with Gasteiger partial charge in [-0.15, -0.1) is 0 Å². The van der Waals surface area contributed by atoms with E-state index >= 15 is 0 Å². The van der Waals surface area contributed by atoms with Gasteiger partial charge in [-0.25, -0.2) is 13.2 Å². The van der Waals surface area contributed by atoms with Crippen molar-refractivity contribution in [2.24, 2.45) is 14.1 Å². The van der Waals surface area contributed by atoms with E-state index < -0.39 is 33.0 Å². The van der Waals surface area contributed by atoms with Crippen molar-refractivity contribution in [3.05, 3.63) is 32.6 Å². The van der Waals surface area contributed by atoms with E-state index in [1.54, 1.807) is 4.57 Å². The van der Waals surface area contributed by atoms with Gasteiger partial charge in [0.2, 0.25) is 0 Å². The quantitative estimate of drug-likeness (QED) is 0.661. The van der Waals surface area contributed by atoms with Crippen LogP contribution in [0.1, 0.15) is 16.9 Å². The molecular weight excluding hydrogens is 376 g/mol. The van der Waals surface area contributed by atoms with Crippen LogP contribution in [0.3, 0.4) is 0 Å². The second kappa shape index (κ2) is 6.97. The Morgan fingerprint density at radius 1 is 1.30 bits per heavy atom. The molecule has 1 saturated heterocycles. The smallest absolute Gasteiger partial charge is 0.332 e. The molecule has 1 N–H and O–H groups in total. The maximum absolute atomic E-state index is 12.8. The zero-order valence-electron chi connectivity index (χ0n) is 15.4. The summed E-state index contributed by atoms with van der Waals surface area (Å²) in [5, 5.41) is 2.96. The van der Waals surface area contributed by atoms with Crippen LogP contribution in [0.5, 0.6) is 0 Å². The average molecular weight is 398 g/mol. The molecule has 1 atom stereocenters. The predicted octanol–water partition coefficient (Wildman–Crippen LogP) is -1.40. The molecule has 0 spiro atoms. The molecule has 3 heterocycles. The lowest BCUT2D eigenvalue weighted by molar-refractivity contribution is 0.0929. The molecule has 148 valence electrons. The summed E-state index contributed by atoms with van der Waals surface area (Å²) in [6.07, 6.45) is 0.354. The van der Waals surface area contributed by atoms with Crippen LogP contribution >= 0.6 is 0 Å². The first kappa shape index (κ1) is 19.4. The molecule has 11 heteroatoms. The number of rotatable bonds is 5. The van der Waals surface area contributed by atoms with Gasteiger partial charge in [-0.3, -0.25) is 18.7 Å². The Hall–Kier alpha value is -2.40. The van der Waals surface area contributed by atoms with Gasteiger partial charge >= 0.3 is 5.69 Å². The van der Waals surface area contributed by atoms with E-state index in [4.69, 9.17) is 4.74 Å². The number of fused-ring (bicyclic) bond motifs is 1. The maximum atomic E-state index is 12.8. The van der Waals surface area contributed by atoms with Gasteiger partial charge in [-0.05, 0) is 12.5 Å². The van der Waals surface area contributed by atoms with Crippen LogP contribution in [0.15, 0.2) is 15.7 Å². The number of ether oxygens (including phenoxy) is 1. The number of aromatic nitrogens is 3. The van der Waals surface area contributed by atoms with Crippen LogP contribution < -0.4 is 16.6 Å². The standard InChI is InChI=1S/C16H22N4O6S/c1-18-14-11(15(22)19(2)16(18)23)8-12(20(14)5-6-26-3)13(21)17-10-4-7-27(24,25)9-10/h8,10H,4-7,9H2,1-3H3,(H,17,21)/t10-/m1/s1. The molecule has 27 heavy (non-hydrogen) atoms. The number of nitrogens with one attached hydrogen (secondary N) is 1. The van der Waals surface area contributed by atoms with Crippen LogP contribution in [0.2, 0.25) is 0 Å². The zero-order valence-corrected chi connectivity index (χ0v) is 16.2. The molecule has 1 amide bonds. The van der Waals surface area contributed by atoms with Crippen molar-refractivity contribution in [3.63, 3.8) is 0 Å². The van der Waals surface area contributed by atoms with Gasteiger partial charge in [-0.1, -0.05) is 0 Å². The van der Waals surface area contributed by atoms with E-state index in [1.165, 1.54) is 31.8 Å². The Morgan fingerprint density at radius 3 is 2.59 bits per heavy atom. The Balaban J connectivity index is 2.10. The Labute approximate surface area is 155 Å². The lowest BCUT2D eigenvalue weighted by atomic mass is 10.2. The van der Waals surface area contributed by atoms with Crippen molar-refractivity contribution in [1.29, 1.82) is 0 Å². The second-order valence-corrected chi connectivity index (χ2v) is 8.92. The fraction of sp³-hybridized carbons (Fsp3) is 0.562. The zero-order chi connectivity index (χ0) is 19.9. The van der Waals surface area contributed by atoms with E-state index in [0.29, 0.717) is 12.1 Å². The summed E-state index contributed by atoms with van der Waals surface area (Å²) < 4.78 is 32.2. The monoisotopic (exact) mass is 398 g/mol. The fourth-order valence-corrected chi connectivity index (χ4v) is 5.08. The summed E-state index contributed by atoms with van der Waals surface area (Å²) in [5.74, 6) is -0.546. The summed E-state index contributed by atoms with van der Waals surface area (Å²) in [5.41, 5.74) is -0.492. The summed E-state index contributed by atoms with van der Waals surface area (Å²) in [6, 6.07) is 0.967. The SMILES string of the molecule is COCCn1c(C(=O)N[C@@H]2CCS(=O)(=O)C2)cc2c(=O)n(C)c(=O)n(C)c21. The number of carbonyl (C=O) groups is 1. The molecule has 0 aliphatic carbocycles. The number of amides is 1. The fourth-order valence-electron chi connectivity index (χ4n) is 3.41. The van der Waals surface area contributed by atoms with E-state index in [1.807, 2.05) is 0 Å². The minimum Gasteiger partial charge on any atom is -0.383 e. The first-order valence-corrected chi connectivity index (χ1v) is 10.3. The molecule has 2 aromatic rings. The molecule has 2 aromatic heterocycles. The first-order chi connectivity index (χ1) is 12.7. The van der Waals surface area contributed by atoms with Crippen molar-refractivity contribution >= 4 is 26.8 Å². The molecule has 0 bridgehead atoms. The normalized spacial score (nSPS) is 18.9. The third-order valence-corrected chi connectivity index (χ3v) is 6.58. The Kier molecular flexibility index (Phi) is 5.00. The number of carbonyl (C=O) groups excluding carboxylic acids is 1. The van der Waals surface area contributed by atoms with E-state index in [9.17, 15) is 22.8 Å². The van der Waals surface area contributed by atoms with Gasteiger partial charge in [0, 0.05) is 33.8 Å². The lowest BCUT2D eigenvalue weighted by Gasteiger charge is -2.14. The van der Waals surface area contributed by atoms with E-state index in [2.05, 4.69) is 5.32 Å². The van der Waals surface area contributed by atoms with Gasteiger partial charge in [0.05, 0.1) is 23.5 Å². The number of nitrogens with zero attached hydrogens (tertiary/aromatic N) is 3. The molecule has 0 aromatic carbocycles. The van der Waals surface area contributed by atoms with Crippen LogP contribution in [-0.2, 0) is 35.2 Å². The van der Waals surface area contributed by atoms with Crippen molar-refractivity contribution < 1.29 is 17.9 Å². The highest BCUT2D eigenvalue weighted by Gasteiger charge is 2.30. The van der Waals surface area contributed by atoms with Gasteiger partial charge in [0.25, 0.3) is 11.5 Å². The molecule has 10 nitrogen and oxygen atoms in total. The van der Waals surface area contributed by atoms with Crippen molar-refractivity contribution in [3.8, 4) is 0 Å². The first-order valence-electron chi connectivity index (χ1n) is 8.45. The number of sulfone groups is 1. The van der Waals surface area contributed by atoms with Gasteiger partial charge in [-0.2, -0.15) is 0 Å². The second-order valence-electron chi connectivity index (χ2n) is 6.69. The molecular formula is C16H22N4O6S. The topological polar surface area (TPSA) is 121 Å². The third kappa shape index (κ3) is 3.44. The van der Waals surface area contributed by atoms with Gasteiger partial charge in [0.15, 0.2) is 9.84 Å². The third-order valence-electron chi connectivity index (χ3n) is 4.81. The summed E-state index contributed by atoms with van der Waals surface area (Å²) in [6.45, 7) is 0.525. The molecule has 1 aliphatic rings. The van der Waals surface area contributed by atoms with Crippen molar-refractivity contribution in [2.75, 3.05) is 25.2 Å². The van der Waals surface area contributed by atoms with Crippen LogP contribution in [-0.4, -0.2) is 59.3 Å². The highest BCUT2D eigenvalue weighted by atomic mass is 32.2. The predicted molar refractivity (Wildman–Crippen MR) is 98.8 cm³/mol. The van der Waals surface area contributed by atoms with Crippen LogP contribution in [0.25, 0.3) is 11.0 Å². The largest absolute Gasteiger partial charge is 0.383 e. The Morgan fingerprint density at radius 2 is 2.00 bits per heavy atom. The van der Waals surface area contributed by atoms with Gasteiger partial charge < -0.3 is 14.6 Å². The Bertz CT molecular complexity index is 1120. The summed E-state index contributed by atoms with van der Waals surface area (Å²) >= 11 is 0. The molecule has 0 unspecified atom stereocenters. The number of methoxy groups -OCH3 is 1. The summed E-state index contributed by atoms with van der Waals surface area (Å²) in [7, 11) is 1.27. The van der Waals surface area contributed by atoms with Crippen LogP contribution in [0, 0.1) is 0 Å². The highest BCUT2D eigenvalue weighted by molar-refractivity contribution is 7.91. The van der Waals surface area contributed by atoms with Crippen molar-refractivity contribution in [1.82, 2.24) is 19.0 Å². The molecule has 0 radical (unpaired) electrons. The van der Waals surface area contributed by atoms with Crippen LogP contribution in [0.4, 0.5) is 0 Å². The molecule has 0 saturated carbocycles. The van der Waals surface area contributed by atoms with E-state index in [-0.39, 0.29) is 35.7 Å². The van der Waals surface area contributed by atoms with Gasteiger partial charge in [0.1, 0.15) is 11.3 Å². The maximum Gasteiger partial charge on any atom is 0.332 e. The van der Waals surface area contributed by atoms with E-state index in [0.717, 1.165) is 4.57 Å². The van der Waals surface area contributed by atoms with Crippen molar-refractivity contribution in [2.45, 2.75) is 19.0 Å². The number of aryl methyl sites for hydroxylation is 1. The number of hydrogen-bond donors (Lipinski definition) is 1. The minimum absolute atomic E-state index is 0.0413. The number of hydrogen-bond acceptors (Lipinski definition) is 6. The molecule has 3 rings (SSSR count). The lowest BCUT2D eigenvalue weighted by Crippen LogP contribution is -2.38. The summed E-state index contributed by atoms with van der Waals surface area (Å²) in [4.78, 5) is 37.6. The molecule has 1 aliphatic heterocycles. The highest BCUT2D eigenvalue weighted by Crippen LogP contribution is 2.17. The molecule has 1 fully saturated rings. The average Bonchev–Trinajstić information content (AvgIpc) is 3.16. The minimum atomic E-state index is -3.14.